The molecule has 0 atom stereocenters. The van der Waals surface area contributed by atoms with E-state index in [4.69, 9.17) is 0 Å². The number of allylic oxidation sites excluding steroid dienone is 2. The summed E-state index contributed by atoms with van der Waals surface area (Å²) >= 11 is 1.88. The van der Waals surface area contributed by atoms with Gasteiger partial charge in [-0.15, -0.1) is 0 Å². The van der Waals surface area contributed by atoms with E-state index < -0.39 is 11.7 Å². The molecule has 144 valence electrons. The van der Waals surface area contributed by atoms with Crippen molar-refractivity contribution in [1.29, 1.82) is 0 Å². The SMILES string of the molecule is C=C/C=C(/CN=C1Nc2ccccc2NC12CCSCC2)C(=C)C(F)(F)F. The van der Waals surface area contributed by atoms with E-state index in [1.807, 2.05) is 36.0 Å². The highest BCUT2D eigenvalue weighted by molar-refractivity contribution is 7.99. The first-order valence-electron chi connectivity index (χ1n) is 8.71. The molecule has 1 aromatic rings. The number of nitrogens with one attached hydrogen (secondary N) is 2. The Morgan fingerprint density at radius 2 is 1.89 bits per heavy atom. The molecule has 7 heteroatoms. The van der Waals surface area contributed by atoms with Crippen LogP contribution in [0.2, 0.25) is 0 Å². The van der Waals surface area contributed by atoms with Crippen molar-refractivity contribution in [3.8, 4) is 0 Å². The van der Waals surface area contributed by atoms with Crippen LogP contribution in [0.25, 0.3) is 0 Å². The third-order valence-electron chi connectivity index (χ3n) is 4.81. The predicted molar refractivity (Wildman–Crippen MR) is 109 cm³/mol. The Kier molecular flexibility index (Phi) is 5.69. The van der Waals surface area contributed by atoms with Crippen molar-refractivity contribution < 1.29 is 13.2 Å². The molecule has 0 saturated carbocycles. The summed E-state index contributed by atoms with van der Waals surface area (Å²) in [5, 5.41) is 6.93. The summed E-state index contributed by atoms with van der Waals surface area (Å²) in [7, 11) is 0. The number of alkyl halides is 3. The van der Waals surface area contributed by atoms with E-state index in [2.05, 4.69) is 28.8 Å². The minimum Gasteiger partial charge on any atom is -0.371 e. The third kappa shape index (κ3) is 4.24. The van der Waals surface area contributed by atoms with Crippen LogP contribution < -0.4 is 10.6 Å². The minimum atomic E-state index is -4.49. The van der Waals surface area contributed by atoms with Crippen molar-refractivity contribution in [2.24, 2.45) is 4.99 Å². The van der Waals surface area contributed by atoms with Gasteiger partial charge in [0, 0.05) is 0 Å². The second-order valence-electron chi connectivity index (χ2n) is 6.56. The van der Waals surface area contributed by atoms with Crippen LogP contribution in [0.3, 0.4) is 0 Å². The topological polar surface area (TPSA) is 36.4 Å². The lowest BCUT2D eigenvalue weighted by Gasteiger charge is -2.43. The average Bonchev–Trinajstić information content (AvgIpc) is 2.64. The van der Waals surface area contributed by atoms with Gasteiger partial charge in [0.05, 0.1) is 29.0 Å². The molecular formula is C20H22F3N3S. The van der Waals surface area contributed by atoms with Crippen LogP contribution in [0.5, 0.6) is 0 Å². The van der Waals surface area contributed by atoms with Gasteiger partial charge in [-0.1, -0.05) is 37.4 Å². The number of anilines is 2. The monoisotopic (exact) mass is 393 g/mol. The molecule has 0 amide bonds. The molecule has 1 fully saturated rings. The normalized spacial score (nSPS) is 20.6. The van der Waals surface area contributed by atoms with Crippen LogP contribution in [0.4, 0.5) is 24.5 Å². The van der Waals surface area contributed by atoms with Gasteiger partial charge < -0.3 is 10.6 Å². The van der Waals surface area contributed by atoms with Crippen LogP contribution in [0.1, 0.15) is 12.8 Å². The van der Waals surface area contributed by atoms with Crippen molar-refractivity contribution >= 4 is 29.0 Å². The lowest BCUT2D eigenvalue weighted by molar-refractivity contribution is -0.0890. The molecule has 0 aliphatic carbocycles. The molecule has 1 spiro atoms. The lowest BCUT2D eigenvalue weighted by atomic mass is 9.87. The first-order valence-corrected chi connectivity index (χ1v) is 9.86. The van der Waals surface area contributed by atoms with Gasteiger partial charge in [-0.2, -0.15) is 24.9 Å². The van der Waals surface area contributed by atoms with E-state index in [1.165, 1.54) is 12.2 Å². The molecule has 2 N–H and O–H groups in total. The molecular weight excluding hydrogens is 371 g/mol. The first-order chi connectivity index (χ1) is 12.9. The number of benzene rings is 1. The largest absolute Gasteiger partial charge is 0.416 e. The van der Waals surface area contributed by atoms with Crippen LogP contribution in [0, 0.1) is 0 Å². The second-order valence-corrected chi connectivity index (χ2v) is 7.78. The number of rotatable bonds is 4. The third-order valence-corrected chi connectivity index (χ3v) is 5.80. The summed E-state index contributed by atoms with van der Waals surface area (Å²) in [5.74, 6) is 2.63. The zero-order valence-electron chi connectivity index (χ0n) is 14.9. The van der Waals surface area contributed by atoms with Crippen molar-refractivity contribution in [3.63, 3.8) is 0 Å². The molecule has 1 saturated heterocycles. The molecule has 3 rings (SSSR count). The Balaban J connectivity index is 1.93. The fraction of sp³-hybridized carbons (Fsp3) is 0.350. The maximum atomic E-state index is 13.1. The Hall–Kier alpha value is -2.15. The van der Waals surface area contributed by atoms with Gasteiger partial charge in [0.2, 0.25) is 0 Å². The summed E-state index contributed by atoms with van der Waals surface area (Å²) < 4.78 is 39.2. The smallest absolute Gasteiger partial charge is 0.371 e. The maximum absolute atomic E-state index is 13.1. The Labute approximate surface area is 161 Å². The van der Waals surface area contributed by atoms with Gasteiger partial charge in [-0.3, -0.25) is 4.99 Å². The lowest BCUT2D eigenvalue weighted by Crippen LogP contribution is -2.54. The number of hydrogen-bond acceptors (Lipinski definition) is 3. The Morgan fingerprint density at radius 3 is 2.52 bits per heavy atom. The summed E-state index contributed by atoms with van der Waals surface area (Å²) in [5.41, 5.74) is 0.627. The number of thioether (sulfide) groups is 1. The van der Waals surface area contributed by atoms with Gasteiger partial charge in [0.1, 0.15) is 5.84 Å². The molecule has 1 aromatic carbocycles. The number of halogens is 3. The highest BCUT2D eigenvalue weighted by atomic mass is 32.2. The zero-order valence-corrected chi connectivity index (χ0v) is 15.7. The number of fused-ring (bicyclic) bond motifs is 1. The molecule has 2 aliphatic heterocycles. The minimum absolute atomic E-state index is 0.0194. The van der Waals surface area contributed by atoms with Gasteiger partial charge >= 0.3 is 6.18 Å². The molecule has 0 radical (unpaired) electrons. The van der Waals surface area contributed by atoms with Crippen LogP contribution in [-0.4, -0.2) is 35.6 Å². The zero-order chi connectivity index (χ0) is 19.5. The molecule has 2 heterocycles. The molecule has 27 heavy (non-hydrogen) atoms. The van der Waals surface area contributed by atoms with Crippen molar-refractivity contribution in [2.75, 3.05) is 28.7 Å². The van der Waals surface area contributed by atoms with E-state index in [1.54, 1.807) is 0 Å². The van der Waals surface area contributed by atoms with E-state index >= 15 is 0 Å². The highest BCUT2D eigenvalue weighted by Gasteiger charge is 2.41. The Morgan fingerprint density at radius 1 is 1.22 bits per heavy atom. The quantitative estimate of drug-likeness (QED) is 0.671. The van der Waals surface area contributed by atoms with Crippen LogP contribution in [-0.2, 0) is 0 Å². The van der Waals surface area contributed by atoms with Crippen molar-refractivity contribution in [3.05, 3.63) is 60.7 Å². The fourth-order valence-corrected chi connectivity index (χ4v) is 4.46. The second kappa shape index (κ2) is 7.84. The molecule has 0 unspecified atom stereocenters. The van der Waals surface area contributed by atoms with E-state index in [0.717, 1.165) is 35.7 Å². The summed E-state index contributed by atoms with van der Waals surface area (Å²) in [4.78, 5) is 4.57. The van der Waals surface area contributed by atoms with Gasteiger partial charge in [-0.25, -0.2) is 0 Å². The van der Waals surface area contributed by atoms with Gasteiger partial charge in [0.25, 0.3) is 0 Å². The fourth-order valence-electron chi connectivity index (χ4n) is 3.28. The van der Waals surface area contributed by atoms with E-state index in [-0.39, 0.29) is 17.7 Å². The predicted octanol–water partition coefficient (Wildman–Crippen LogP) is 5.42. The van der Waals surface area contributed by atoms with E-state index in [9.17, 15) is 13.2 Å². The van der Waals surface area contributed by atoms with Gasteiger partial charge in [0.15, 0.2) is 0 Å². The molecule has 3 nitrogen and oxygen atoms in total. The molecule has 2 aliphatic rings. The highest BCUT2D eigenvalue weighted by Crippen LogP contribution is 2.39. The van der Waals surface area contributed by atoms with Crippen LogP contribution >= 0.6 is 11.8 Å². The van der Waals surface area contributed by atoms with E-state index in [0.29, 0.717) is 5.84 Å². The number of amidine groups is 1. The number of para-hydroxylation sites is 2. The first kappa shape index (κ1) is 19.6. The summed E-state index contributed by atoms with van der Waals surface area (Å²) in [6.07, 6.45) is -0.106. The standard InChI is InChI=1S/C20H22F3N3S/c1-3-6-15(14(2)20(21,22)23)13-24-18-19(9-11-27-12-10-19)26-17-8-5-4-7-16(17)25-18/h3-8,26H,1-2,9-13H2,(H,24,25)/b15-6-. The van der Waals surface area contributed by atoms with Crippen LogP contribution in [0.15, 0.2) is 65.7 Å². The number of hydrogen-bond donors (Lipinski definition) is 2. The number of aliphatic imine (C=N–C) groups is 1. The summed E-state index contributed by atoms with van der Waals surface area (Å²) in [6, 6.07) is 7.79. The summed E-state index contributed by atoms with van der Waals surface area (Å²) in [6.45, 7) is 6.60. The van der Waals surface area contributed by atoms with Crippen molar-refractivity contribution in [2.45, 2.75) is 24.6 Å². The average molecular weight is 393 g/mol. The number of nitrogens with zero attached hydrogens (tertiary/aromatic N) is 1. The Bertz CT molecular complexity index is 790. The molecule has 0 aromatic heterocycles. The molecule has 0 bridgehead atoms. The van der Waals surface area contributed by atoms with Gasteiger partial charge in [-0.05, 0) is 42.1 Å². The maximum Gasteiger partial charge on any atom is 0.416 e. The van der Waals surface area contributed by atoms with Crippen molar-refractivity contribution in [1.82, 2.24) is 0 Å².